The largest absolute Gasteiger partial charge is 0.339 e. The summed E-state index contributed by atoms with van der Waals surface area (Å²) < 4.78 is 0. The van der Waals surface area contributed by atoms with E-state index in [9.17, 15) is 9.59 Å². The molecule has 0 aliphatic carbocycles. The van der Waals surface area contributed by atoms with Crippen molar-refractivity contribution in [3.63, 3.8) is 0 Å². The maximum Gasteiger partial charge on any atom is 0.317 e. The van der Waals surface area contributed by atoms with E-state index in [4.69, 9.17) is 5.73 Å². The maximum absolute atomic E-state index is 12.2. The molecule has 0 unspecified atom stereocenters. The molecule has 0 aromatic heterocycles. The molecule has 3 N–H and O–H groups in total. The Balaban J connectivity index is 0.00000324. The predicted molar refractivity (Wildman–Crippen MR) is 77.3 cm³/mol. The van der Waals surface area contributed by atoms with E-state index in [1.165, 1.54) is 0 Å². The van der Waals surface area contributed by atoms with Crippen molar-refractivity contribution in [2.24, 2.45) is 11.1 Å². The number of amides is 3. The van der Waals surface area contributed by atoms with Crippen molar-refractivity contribution in [3.8, 4) is 0 Å². The molecule has 112 valence electrons. The number of urea groups is 1. The zero-order valence-corrected chi connectivity index (χ0v) is 12.8. The Labute approximate surface area is 121 Å². The number of hydrogen-bond donors (Lipinski definition) is 2. The van der Waals surface area contributed by atoms with E-state index >= 15 is 0 Å². The molecule has 1 aliphatic heterocycles. The number of halogens is 1. The Morgan fingerprint density at radius 3 is 2.05 bits per heavy atom. The van der Waals surface area contributed by atoms with Gasteiger partial charge >= 0.3 is 6.03 Å². The first-order valence-corrected chi connectivity index (χ1v) is 6.44. The highest BCUT2D eigenvalue weighted by atomic mass is 35.5. The lowest BCUT2D eigenvalue weighted by atomic mass is 9.91. The molecule has 7 heteroatoms. The van der Waals surface area contributed by atoms with Crippen LogP contribution in [-0.2, 0) is 4.79 Å². The quantitative estimate of drug-likeness (QED) is 0.783. The van der Waals surface area contributed by atoms with Gasteiger partial charge in [-0.05, 0) is 20.8 Å². The van der Waals surface area contributed by atoms with Gasteiger partial charge in [-0.3, -0.25) is 4.79 Å². The number of hydrogen-bond acceptors (Lipinski definition) is 3. The molecular formula is C12H25ClN4O2. The lowest BCUT2D eigenvalue weighted by molar-refractivity contribution is -0.141. The van der Waals surface area contributed by atoms with Gasteiger partial charge in [-0.2, -0.15) is 0 Å². The number of piperazine rings is 1. The minimum atomic E-state index is -0.520. The van der Waals surface area contributed by atoms with Gasteiger partial charge < -0.3 is 20.9 Å². The van der Waals surface area contributed by atoms with Crippen LogP contribution in [0.4, 0.5) is 4.79 Å². The van der Waals surface area contributed by atoms with E-state index < -0.39 is 5.41 Å². The third-order valence-electron chi connectivity index (χ3n) is 3.27. The van der Waals surface area contributed by atoms with Crippen LogP contribution in [0.15, 0.2) is 0 Å². The van der Waals surface area contributed by atoms with E-state index in [1.807, 2.05) is 20.8 Å². The zero-order valence-electron chi connectivity index (χ0n) is 11.9. The van der Waals surface area contributed by atoms with Gasteiger partial charge in [-0.15, -0.1) is 12.4 Å². The molecule has 0 atom stereocenters. The molecule has 19 heavy (non-hydrogen) atoms. The molecule has 0 bridgehead atoms. The van der Waals surface area contributed by atoms with Crippen LogP contribution in [0.25, 0.3) is 0 Å². The fraction of sp³-hybridized carbons (Fsp3) is 0.833. The highest BCUT2D eigenvalue weighted by Gasteiger charge is 2.33. The van der Waals surface area contributed by atoms with Gasteiger partial charge in [0.15, 0.2) is 0 Å². The summed E-state index contributed by atoms with van der Waals surface area (Å²) in [7, 11) is 0. The van der Waals surface area contributed by atoms with Crippen LogP contribution in [-0.4, -0.2) is 61.0 Å². The number of nitrogens with zero attached hydrogens (tertiary/aromatic N) is 2. The SMILES string of the molecule is CCNC(=O)N1CCN(C(=O)C(C)(C)CN)CC1.Cl. The highest BCUT2D eigenvalue weighted by Crippen LogP contribution is 2.18. The number of carbonyl (C=O) groups excluding carboxylic acids is 2. The van der Waals surface area contributed by atoms with Gasteiger partial charge in [0.05, 0.1) is 5.41 Å². The minimum absolute atomic E-state index is 0. The zero-order chi connectivity index (χ0) is 13.8. The second-order valence-corrected chi connectivity index (χ2v) is 5.20. The Kier molecular flexibility index (Phi) is 7.15. The molecule has 0 radical (unpaired) electrons. The monoisotopic (exact) mass is 292 g/mol. The molecule has 3 amide bonds. The summed E-state index contributed by atoms with van der Waals surface area (Å²) in [5.41, 5.74) is 5.09. The van der Waals surface area contributed by atoms with E-state index in [-0.39, 0.29) is 24.3 Å². The fourth-order valence-electron chi connectivity index (χ4n) is 1.89. The van der Waals surface area contributed by atoms with Crippen LogP contribution >= 0.6 is 12.4 Å². The fourth-order valence-corrected chi connectivity index (χ4v) is 1.89. The van der Waals surface area contributed by atoms with Crippen molar-refractivity contribution in [1.82, 2.24) is 15.1 Å². The van der Waals surface area contributed by atoms with Gasteiger partial charge in [-0.25, -0.2) is 4.79 Å². The summed E-state index contributed by atoms with van der Waals surface area (Å²) in [6, 6.07) is -0.0531. The van der Waals surface area contributed by atoms with Crippen LogP contribution in [0.3, 0.4) is 0 Å². The van der Waals surface area contributed by atoms with E-state index in [0.29, 0.717) is 39.3 Å². The highest BCUT2D eigenvalue weighted by molar-refractivity contribution is 5.85. The molecular weight excluding hydrogens is 268 g/mol. The first-order valence-electron chi connectivity index (χ1n) is 6.44. The predicted octanol–water partition coefficient (Wildman–Crippen LogP) is 0.267. The van der Waals surface area contributed by atoms with E-state index in [0.717, 1.165) is 0 Å². The molecule has 1 heterocycles. The van der Waals surface area contributed by atoms with Crippen molar-refractivity contribution in [1.29, 1.82) is 0 Å². The Morgan fingerprint density at radius 2 is 1.63 bits per heavy atom. The second kappa shape index (κ2) is 7.55. The third-order valence-corrected chi connectivity index (χ3v) is 3.27. The summed E-state index contributed by atoms with van der Waals surface area (Å²) in [6.45, 7) is 8.88. The topological polar surface area (TPSA) is 78.7 Å². The lowest BCUT2D eigenvalue weighted by Crippen LogP contribution is -2.56. The summed E-state index contributed by atoms with van der Waals surface area (Å²) >= 11 is 0. The van der Waals surface area contributed by atoms with Crippen molar-refractivity contribution in [2.45, 2.75) is 20.8 Å². The average molecular weight is 293 g/mol. The Hall–Kier alpha value is -1.01. The summed E-state index contributed by atoms with van der Waals surface area (Å²) in [6.07, 6.45) is 0. The molecule has 0 aromatic rings. The summed E-state index contributed by atoms with van der Waals surface area (Å²) in [5.74, 6) is 0.0700. The first kappa shape index (κ1) is 18.0. The molecule has 1 rings (SSSR count). The summed E-state index contributed by atoms with van der Waals surface area (Å²) in [5, 5.41) is 2.76. The van der Waals surface area contributed by atoms with E-state index in [1.54, 1.807) is 9.80 Å². The second-order valence-electron chi connectivity index (χ2n) is 5.20. The van der Waals surface area contributed by atoms with Crippen LogP contribution in [0.1, 0.15) is 20.8 Å². The normalized spacial score (nSPS) is 15.8. The van der Waals surface area contributed by atoms with Crippen molar-refractivity contribution in [3.05, 3.63) is 0 Å². The Bertz CT molecular complexity index is 315. The third kappa shape index (κ3) is 4.54. The van der Waals surface area contributed by atoms with Crippen molar-refractivity contribution in [2.75, 3.05) is 39.3 Å². The molecule has 0 saturated carbocycles. The summed E-state index contributed by atoms with van der Waals surface area (Å²) in [4.78, 5) is 27.3. The van der Waals surface area contributed by atoms with Crippen LogP contribution in [0.5, 0.6) is 0 Å². The standard InChI is InChI=1S/C12H24N4O2.ClH/c1-4-14-11(18)16-7-5-15(6-8-16)10(17)12(2,3)9-13;/h4-9,13H2,1-3H3,(H,14,18);1H. The molecule has 1 aliphatic rings. The van der Waals surface area contributed by atoms with Crippen molar-refractivity contribution >= 4 is 24.3 Å². The van der Waals surface area contributed by atoms with Crippen molar-refractivity contribution < 1.29 is 9.59 Å². The molecule has 0 spiro atoms. The van der Waals surface area contributed by atoms with Gasteiger partial charge in [-0.1, -0.05) is 0 Å². The maximum atomic E-state index is 12.2. The van der Waals surface area contributed by atoms with Crippen LogP contribution in [0, 0.1) is 5.41 Å². The van der Waals surface area contributed by atoms with Crippen LogP contribution < -0.4 is 11.1 Å². The Morgan fingerprint density at radius 1 is 1.16 bits per heavy atom. The van der Waals surface area contributed by atoms with Gasteiger partial charge in [0.25, 0.3) is 0 Å². The van der Waals surface area contributed by atoms with Gasteiger partial charge in [0, 0.05) is 39.3 Å². The average Bonchev–Trinajstić information content (AvgIpc) is 2.38. The molecule has 0 aromatic carbocycles. The van der Waals surface area contributed by atoms with Crippen LogP contribution in [0.2, 0.25) is 0 Å². The first-order chi connectivity index (χ1) is 8.42. The number of rotatable bonds is 3. The molecule has 1 fully saturated rings. The molecule has 6 nitrogen and oxygen atoms in total. The number of nitrogens with two attached hydrogens (primary N) is 1. The van der Waals surface area contributed by atoms with Gasteiger partial charge in [0.2, 0.25) is 5.91 Å². The number of carbonyl (C=O) groups is 2. The lowest BCUT2D eigenvalue weighted by Gasteiger charge is -2.38. The molecule has 1 saturated heterocycles. The number of nitrogens with one attached hydrogen (secondary N) is 1. The van der Waals surface area contributed by atoms with Gasteiger partial charge in [0.1, 0.15) is 0 Å². The minimum Gasteiger partial charge on any atom is -0.339 e. The van der Waals surface area contributed by atoms with E-state index in [2.05, 4.69) is 5.32 Å². The smallest absolute Gasteiger partial charge is 0.317 e.